The topological polar surface area (TPSA) is 40.9 Å². The molecule has 0 aromatic carbocycles. The molecule has 8 heteroatoms. The van der Waals surface area contributed by atoms with Crippen molar-refractivity contribution in [1.82, 2.24) is 0 Å². The van der Waals surface area contributed by atoms with Crippen molar-refractivity contribution >= 4 is 11.5 Å². The number of carbonyl (C=O) groups excluding carboxylic acids is 1. The summed E-state index contributed by atoms with van der Waals surface area (Å²) >= 11 is 0. The van der Waals surface area contributed by atoms with E-state index in [2.05, 4.69) is 0 Å². The summed E-state index contributed by atoms with van der Waals surface area (Å²) in [4.78, 5) is 9.90. The Labute approximate surface area is 68.0 Å². The summed E-state index contributed by atoms with van der Waals surface area (Å²) in [5, 5.41) is 6.10. The second kappa shape index (κ2) is 3.35. The molecule has 2 nitrogen and oxygen atoms in total. The molecule has 0 aromatic rings. The van der Waals surface area contributed by atoms with Gasteiger partial charge in [0.1, 0.15) is 12.4 Å². The van der Waals surface area contributed by atoms with E-state index in [0.717, 1.165) is 0 Å². The lowest BCUT2D eigenvalue weighted by molar-refractivity contribution is -0.187. The molecule has 13 heavy (non-hydrogen) atoms. The minimum absolute atomic E-state index is 2.10. The average Bonchev–Trinajstić information content (AvgIpc) is 1.99. The molecule has 0 aliphatic heterocycles. The van der Waals surface area contributed by atoms with Crippen molar-refractivity contribution in [3.63, 3.8) is 0 Å². The summed E-state index contributed by atoms with van der Waals surface area (Å²) in [6.07, 6.45) is -5.77. The highest BCUT2D eigenvalue weighted by Crippen LogP contribution is 2.28. The van der Waals surface area contributed by atoms with Crippen LogP contribution < -0.4 is 0 Å². The molecule has 0 rings (SSSR count). The van der Waals surface area contributed by atoms with Crippen LogP contribution in [0, 0.1) is 5.41 Å². The molecule has 0 spiro atoms. The van der Waals surface area contributed by atoms with Gasteiger partial charge < -0.3 is 5.41 Å². The van der Waals surface area contributed by atoms with E-state index in [9.17, 15) is 31.1 Å². The molecule has 76 valence electrons. The lowest BCUT2D eigenvalue weighted by atomic mass is 10.1. The van der Waals surface area contributed by atoms with Crippen LogP contribution in [0.15, 0.2) is 0 Å². The lowest BCUT2D eigenvalue weighted by Gasteiger charge is -2.15. The average molecular weight is 207 g/mol. The predicted molar refractivity (Wildman–Crippen MR) is 29.7 cm³/mol. The van der Waals surface area contributed by atoms with Crippen molar-refractivity contribution in [3.05, 3.63) is 0 Å². The standard InChI is InChI=1S/C5H3F6NO/c6-1-2(12)4(7,8)3(13)5(9,10)11/h12H,1H2. The number of rotatable bonds is 3. The number of alkyl halides is 6. The van der Waals surface area contributed by atoms with E-state index in [0.29, 0.717) is 0 Å². The zero-order valence-corrected chi connectivity index (χ0v) is 5.88. The summed E-state index contributed by atoms with van der Waals surface area (Å²) < 4.78 is 69.9. The van der Waals surface area contributed by atoms with E-state index in [-0.39, 0.29) is 0 Å². The highest BCUT2D eigenvalue weighted by molar-refractivity contribution is 6.12. The molecule has 0 heterocycles. The number of halogens is 6. The van der Waals surface area contributed by atoms with E-state index >= 15 is 0 Å². The molecule has 0 atom stereocenters. The first-order valence-electron chi connectivity index (χ1n) is 2.77. The molecule has 0 radical (unpaired) electrons. The van der Waals surface area contributed by atoms with Crippen LogP contribution in [0.5, 0.6) is 0 Å². The number of carbonyl (C=O) groups is 1. The van der Waals surface area contributed by atoms with Crippen molar-refractivity contribution < 1.29 is 31.1 Å². The van der Waals surface area contributed by atoms with Crippen molar-refractivity contribution in [2.75, 3.05) is 6.67 Å². The quantitative estimate of drug-likeness (QED) is 0.555. The van der Waals surface area contributed by atoms with E-state index in [1.54, 1.807) is 0 Å². The van der Waals surface area contributed by atoms with Gasteiger partial charge in [-0.1, -0.05) is 0 Å². The largest absolute Gasteiger partial charge is 0.456 e. The molecule has 0 fully saturated rings. The van der Waals surface area contributed by atoms with Crippen molar-refractivity contribution in [2.45, 2.75) is 12.1 Å². The van der Waals surface area contributed by atoms with Crippen LogP contribution in [-0.2, 0) is 4.79 Å². The van der Waals surface area contributed by atoms with Crippen LogP contribution >= 0.6 is 0 Å². The minimum Gasteiger partial charge on any atom is -0.300 e. The van der Waals surface area contributed by atoms with Gasteiger partial charge in [0.05, 0.1) is 0 Å². The van der Waals surface area contributed by atoms with Gasteiger partial charge in [-0.3, -0.25) is 4.79 Å². The molecule has 0 saturated carbocycles. The smallest absolute Gasteiger partial charge is 0.300 e. The second-order valence-corrected chi connectivity index (χ2v) is 2.01. The highest BCUT2D eigenvalue weighted by atomic mass is 19.4. The molecule has 0 aliphatic carbocycles. The molecule has 0 aromatic heterocycles. The fourth-order valence-electron chi connectivity index (χ4n) is 0.399. The molecule has 0 unspecified atom stereocenters. The zero-order chi connectivity index (χ0) is 10.9. The monoisotopic (exact) mass is 207 g/mol. The number of Topliss-reactive ketones (excluding diaryl/α,β-unsaturated/α-hetero) is 1. The number of hydrogen-bond acceptors (Lipinski definition) is 2. The van der Waals surface area contributed by atoms with Gasteiger partial charge in [-0.25, -0.2) is 4.39 Å². The van der Waals surface area contributed by atoms with Gasteiger partial charge in [0, 0.05) is 0 Å². The van der Waals surface area contributed by atoms with E-state index in [4.69, 9.17) is 5.41 Å². The van der Waals surface area contributed by atoms with E-state index in [1.807, 2.05) is 0 Å². The van der Waals surface area contributed by atoms with Crippen LogP contribution in [0.2, 0.25) is 0 Å². The van der Waals surface area contributed by atoms with Gasteiger partial charge >= 0.3 is 17.9 Å². The Hall–Kier alpha value is -1.08. The molecular weight excluding hydrogens is 204 g/mol. The van der Waals surface area contributed by atoms with Crippen LogP contribution in [0.1, 0.15) is 0 Å². The molecule has 0 bridgehead atoms. The normalized spacial score (nSPS) is 12.8. The number of hydrogen-bond donors (Lipinski definition) is 1. The van der Waals surface area contributed by atoms with Gasteiger partial charge in [-0.15, -0.1) is 0 Å². The third-order valence-electron chi connectivity index (χ3n) is 1.06. The molecule has 1 N–H and O–H groups in total. The zero-order valence-electron chi connectivity index (χ0n) is 5.88. The maximum absolute atomic E-state index is 12.2. The third kappa shape index (κ3) is 2.43. The van der Waals surface area contributed by atoms with Gasteiger partial charge in [-0.05, 0) is 0 Å². The van der Waals surface area contributed by atoms with Crippen LogP contribution in [-0.4, -0.2) is 30.3 Å². The number of nitrogens with one attached hydrogen (secondary N) is 1. The molecule has 0 saturated heterocycles. The van der Waals surface area contributed by atoms with Gasteiger partial charge in [-0.2, -0.15) is 22.0 Å². The summed E-state index contributed by atoms with van der Waals surface area (Å²) in [5.74, 6) is -8.53. The maximum atomic E-state index is 12.2. The van der Waals surface area contributed by atoms with Crippen LogP contribution in [0.4, 0.5) is 26.3 Å². The first-order chi connectivity index (χ1) is 5.64. The Kier molecular flexibility index (Phi) is 3.07. The fraction of sp³-hybridized carbons (Fsp3) is 0.600. The third-order valence-corrected chi connectivity index (χ3v) is 1.06. The first kappa shape index (κ1) is 11.9. The minimum atomic E-state index is -5.77. The maximum Gasteiger partial charge on any atom is 0.456 e. The lowest BCUT2D eigenvalue weighted by Crippen LogP contribution is -2.46. The summed E-state index contributed by atoms with van der Waals surface area (Å²) in [5.41, 5.74) is -2.20. The van der Waals surface area contributed by atoms with E-state index in [1.165, 1.54) is 0 Å². The Balaban J connectivity index is 4.85. The molecular formula is C5H3F6NO. The van der Waals surface area contributed by atoms with Crippen LogP contribution in [0.3, 0.4) is 0 Å². The Morgan fingerprint density at radius 1 is 1.15 bits per heavy atom. The predicted octanol–water partition coefficient (Wildman–Crippen LogP) is 1.74. The van der Waals surface area contributed by atoms with Gasteiger partial charge in [0.2, 0.25) is 0 Å². The Morgan fingerprint density at radius 3 is 1.77 bits per heavy atom. The first-order valence-corrected chi connectivity index (χ1v) is 2.77. The fourth-order valence-corrected chi connectivity index (χ4v) is 0.399. The van der Waals surface area contributed by atoms with E-state index < -0.39 is 30.3 Å². The molecule has 0 amide bonds. The Bertz CT molecular complexity index is 232. The molecule has 0 aliphatic rings. The summed E-state index contributed by atoms with van der Waals surface area (Å²) in [7, 11) is 0. The summed E-state index contributed by atoms with van der Waals surface area (Å²) in [6, 6.07) is 0. The van der Waals surface area contributed by atoms with Gasteiger partial charge in [0.25, 0.3) is 0 Å². The Morgan fingerprint density at radius 2 is 1.54 bits per heavy atom. The summed E-state index contributed by atoms with van der Waals surface area (Å²) in [6.45, 7) is -2.10. The number of ketones is 1. The second-order valence-electron chi connectivity index (χ2n) is 2.01. The van der Waals surface area contributed by atoms with Crippen molar-refractivity contribution in [1.29, 1.82) is 5.41 Å². The highest BCUT2D eigenvalue weighted by Gasteiger charge is 2.57. The van der Waals surface area contributed by atoms with Gasteiger partial charge in [0.15, 0.2) is 0 Å². The van der Waals surface area contributed by atoms with Crippen molar-refractivity contribution in [2.24, 2.45) is 0 Å². The van der Waals surface area contributed by atoms with Crippen LogP contribution in [0.25, 0.3) is 0 Å². The van der Waals surface area contributed by atoms with Crippen molar-refractivity contribution in [3.8, 4) is 0 Å². The SMILES string of the molecule is N=C(CF)C(F)(F)C(=O)C(F)(F)F.